The van der Waals surface area contributed by atoms with E-state index in [2.05, 4.69) is 49.9 Å². The molecule has 5 aromatic carbocycles. The fourth-order valence-electron chi connectivity index (χ4n) is 5.92. The largest absolute Gasteiger partial charge is 0.463 e. The summed E-state index contributed by atoms with van der Waals surface area (Å²) in [5.41, 5.74) is 5.31. The van der Waals surface area contributed by atoms with Crippen LogP contribution in [0.3, 0.4) is 0 Å². The monoisotopic (exact) mass is 661 g/mol. The predicted octanol–water partition coefficient (Wildman–Crippen LogP) is 8.16. The van der Waals surface area contributed by atoms with E-state index in [0.717, 1.165) is 31.4 Å². The molecular formula is C41H35N5O4. The maximum atomic E-state index is 14.1. The van der Waals surface area contributed by atoms with Crippen molar-refractivity contribution in [3.8, 4) is 12.0 Å². The van der Waals surface area contributed by atoms with Crippen LogP contribution in [0.25, 0.3) is 0 Å². The van der Waals surface area contributed by atoms with Crippen molar-refractivity contribution in [3.05, 3.63) is 161 Å². The van der Waals surface area contributed by atoms with Gasteiger partial charge in [0.15, 0.2) is 11.6 Å². The average Bonchev–Trinajstić information content (AvgIpc) is 3.16. The first-order valence-corrected chi connectivity index (χ1v) is 16.7. The lowest BCUT2D eigenvalue weighted by molar-refractivity contribution is 0.0980. The highest BCUT2D eigenvalue weighted by Crippen LogP contribution is 2.38. The third-order valence-electron chi connectivity index (χ3n) is 8.34. The van der Waals surface area contributed by atoms with E-state index in [4.69, 9.17) is 9.47 Å². The second kappa shape index (κ2) is 15.3. The minimum atomic E-state index is -0.279. The van der Waals surface area contributed by atoms with Crippen molar-refractivity contribution in [1.29, 1.82) is 0 Å². The molecule has 0 radical (unpaired) electrons. The first kappa shape index (κ1) is 32.2. The van der Waals surface area contributed by atoms with Gasteiger partial charge in [-0.2, -0.15) is 9.97 Å². The number of nitrogens with one attached hydrogen (secondary N) is 2. The fourth-order valence-corrected chi connectivity index (χ4v) is 5.92. The van der Waals surface area contributed by atoms with Gasteiger partial charge >= 0.3 is 12.0 Å². The second-order valence-electron chi connectivity index (χ2n) is 11.8. The van der Waals surface area contributed by atoms with E-state index >= 15 is 0 Å². The van der Waals surface area contributed by atoms with E-state index < -0.39 is 0 Å². The molecule has 248 valence electrons. The zero-order valence-corrected chi connectivity index (χ0v) is 27.3. The molecule has 0 saturated carbocycles. The van der Waals surface area contributed by atoms with Crippen molar-refractivity contribution in [2.24, 2.45) is 0 Å². The molecule has 1 heterocycles. The molecule has 0 aliphatic heterocycles. The molecule has 9 heteroatoms. The summed E-state index contributed by atoms with van der Waals surface area (Å²) in [5.74, 6) is -0.405. The molecule has 0 saturated heterocycles. The van der Waals surface area contributed by atoms with Gasteiger partial charge < -0.3 is 20.1 Å². The van der Waals surface area contributed by atoms with Crippen LogP contribution in [-0.4, -0.2) is 39.7 Å². The Balaban J connectivity index is 1.17. The molecule has 0 unspecified atom stereocenters. The molecule has 1 aliphatic carbocycles. The number of anilines is 4. The highest BCUT2D eigenvalue weighted by atomic mass is 16.5. The highest BCUT2D eigenvalue weighted by Gasteiger charge is 2.34. The Morgan fingerprint density at radius 1 is 0.480 bits per heavy atom. The van der Waals surface area contributed by atoms with Gasteiger partial charge in [0.05, 0.1) is 35.7 Å². The van der Waals surface area contributed by atoms with Gasteiger partial charge in [0.1, 0.15) is 0 Å². The topological polar surface area (TPSA) is 115 Å². The van der Waals surface area contributed by atoms with Gasteiger partial charge in [0.2, 0.25) is 5.95 Å². The number of nitrogens with zero attached hydrogens (tertiary/aromatic N) is 3. The van der Waals surface area contributed by atoms with E-state index in [0.29, 0.717) is 35.7 Å². The Kier molecular flexibility index (Phi) is 9.82. The Hall–Kier alpha value is -6.35. The summed E-state index contributed by atoms with van der Waals surface area (Å²) in [6.45, 7) is 0.760. The number of carbonyl (C=O) groups is 2. The lowest BCUT2D eigenvalue weighted by atomic mass is 9.82. The number of aryl methyl sites for hydroxylation is 2. The summed E-state index contributed by atoms with van der Waals surface area (Å²) in [7, 11) is 0. The van der Waals surface area contributed by atoms with Crippen LogP contribution in [0.4, 0.5) is 23.0 Å². The van der Waals surface area contributed by atoms with Gasteiger partial charge in [-0.15, -0.1) is 4.98 Å². The molecule has 6 aromatic rings. The molecule has 1 aliphatic rings. The summed E-state index contributed by atoms with van der Waals surface area (Å²) in [6.07, 6.45) is 3.19. The Bertz CT molecular complexity index is 2040. The number of carbonyl (C=O) groups excluding carboxylic acids is 2. The number of fused-ring (bicyclic) bond motifs is 2. The van der Waals surface area contributed by atoms with E-state index in [9.17, 15) is 9.59 Å². The van der Waals surface area contributed by atoms with Crippen molar-refractivity contribution in [1.82, 2.24) is 15.0 Å². The van der Waals surface area contributed by atoms with Gasteiger partial charge in [0.25, 0.3) is 0 Å². The quantitative estimate of drug-likeness (QED) is 0.111. The first-order chi connectivity index (χ1) is 24.6. The number of hydrogen-bond acceptors (Lipinski definition) is 9. The van der Waals surface area contributed by atoms with E-state index in [1.807, 2.05) is 66.7 Å². The number of ether oxygens (including phenoxy) is 2. The van der Waals surface area contributed by atoms with Gasteiger partial charge in [-0.05, 0) is 61.1 Å². The van der Waals surface area contributed by atoms with Gasteiger partial charge in [-0.1, -0.05) is 103 Å². The summed E-state index contributed by atoms with van der Waals surface area (Å²) in [6, 6.07) is 40.5. The van der Waals surface area contributed by atoms with Crippen molar-refractivity contribution < 1.29 is 19.1 Å². The van der Waals surface area contributed by atoms with E-state index in [1.54, 1.807) is 36.4 Å². The van der Waals surface area contributed by atoms with Crippen LogP contribution in [0, 0.1) is 0 Å². The van der Waals surface area contributed by atoms with Crippen LogP contribution >= 0.6 is 0 Å². The smallest absolute Gasteiger partial charge is 0.324 e. The zero-order chi connectivity index (χ0) is 34.1. The number of aromatic nitrogens is 3. The summed E-state index contributed by atoms with van der Waals surface area (Å²) in [5, 5.41) is 6.52. The Morgan fingerprint density at radius 2 is 0.920 bits per heavy atom. The van der Waals surface area contributed by atoms with E-state index in [-0.39, 0.29) is 40.7 Å². The first-order valence-electron chi connectivity index (χ1n) is 16.7. The molecule has 0 atom stereocenters. The maximum Gasteiger partial charge on any atom is 0.324 e. The van der Waals surface area contributed by atoms with Crippen LogP contribution in [0.15, 0.2) is 127 Å². The molecule has 0 spiro atoms. The van der Waals surface area contributed by atoms with Crippen LogP contribution in [0.1, 0.15) is 55.8 Å². The number of benzene rings is 5. The highest BCUT2D eigenvalue weighted by molar-refractivity contribution is 6.32. The van der Waals surface area contributed by atoms with Crippen LogP contribution in [0.5, 0.6) is 12.0 Å². The number of ketones is 2. The van der Waals surface area contributed by atoms with Crippen LogP contribution < -0.4 is 20.1 Å². The molecule has 9 nitrogen and oxygen atoms in total. The molecule has 50 heavy (non-hydrogen) atoms. The standard InChI is InChI=1S/C41H35N5O4/c47-37-31-22-10-11-23-32(31)38(48)36-34(25-24-33(35(36)37)42-30-20-8-3-9-21-30)43-39-44-40(49-26-12-18-28-14-4-1-5-15-28)46-41(45-39)50-27-13-19-29-16-6-2-7-17-29/h1-11,14-17,20-25,42H,12-13,18-19,26-27H2,(H,43,44,45,46). The number of para-hydroxylation sites is 1. The lowest BCUT2D eigenvalue weighted by Gasteiger charge is -2.23. The molecule has 2 N–H and O–H groups in total. The molecule has 1 aromatic heterocycles. The average molecular weight is 662 g/mol. The van der Waals surface area contributed by atoms with Crippen molar-refractivity contribution in [2.45, 2.75) is 25.7 Å². The SMILES string of the molecule is O=C1c2ccccc2C(=O)c2c(Nc3nc(OCCCc4ccccc4)nc(OCCCc4ccccc4)n3)ccc(Nc3ccccc3)c21. The molecule has 7 rings (SSSR count). The normalized spacial score (nSPS) is 11.8. The Labute approximate surface area is 290 Å². The summed E-state index contributed by atoms with van der Waals surface area (Å²) < 4.78 is 12.0. The van der Waals surface area contributed by atoms with Crippen molar-refractivity contribution in [2.75, 3.05) is 23.8 Å². The molecular weight excluding hydrogens is 626 g/mol. The third kappa shape index (κ3) is 7.52. The van der Waals surface area contributed by atoms with Crippen molar-refractivity contribution in [3.63, 3.8) is 0 Å². The van der Waals surface area contributed by atoms with Crippen molar-refractivity contribution >= 4 is 34.6 Å². The van der Waals surface area contributed by atoms with Gasteiger partial charge in [0, 0.05) is 16.8 Å². The molecule has 0 fully saturated rings. The second-order valence-corrected chi connectivity index (χ2v) is 11.8. The van der Waals surface area contributed by atoms with Gasteiger partial charge in [-0.3, -0.25) is 9.59 Å². The zero-order valence-electron chi connectivity index (χ0n) is 27.3. The minimum Gasteiger partial charge on any atom is -0.463 e. The van der Waals surface area contributed by atoms with Crippen LogP contribution in [-0.2, 0) is 12.8 Å². The summed E-state index contributed by atoms with van der Waals surface area (Å²) in [4.78, 5) is 41.5. The van der Waals surface area contributed by atoms with Gasteiger partial charge in [-0.25, -0.2) is 0 Å². The lowest BCUT2D eigenvalue weighted by Crippen LogP contribution is -2.23. The number of rotatable bonds is 14. The summed E-state index contributed by atoms with van der Waals surface area (Å²) >= 11 is 0. The predicted molar refractivity (Wildman–Crippen MR) is 193 cm³/mol. The Morgan fingerprint density at radius 3 is 1.42 bits per heavy atom. The minimum absolute atomic E-state index is 0.0950. The fraction of sp³-hybridized carbons (Fsp3) is 0.146. The van der Waals surface area contributed by atoms with Crippen LogP contribution in [0.2, 0.25) is 0 Å². The molecule has 0 bridgehead atoms. The molecule has 0 amide bonds. The maximum absolute atomic E-state index is 14.1. The van der Waals surface area contributed by atoms with E-state index in [1.165, 1.54) is 11.1 Å². The number of hydrogen-bond donors (Lipinski definition) is 2. The third-order valence-corrected chi connectivity index (χ3v) is 8.34.